The van der Waals surface area contributed by atoms with E-state index >= 15 is 0 Å². The molecule has 0 amide bonds. The van der Waals surface area contributed by atoms with E-state index in [1.165, 1.54) is 12.8 Å². The number of anilines is 1. The molecule has 0 radical (unpaired) electrons. The van der Waals surface area contributed by atoms with Crippen LogP contribution in [-0.4, -0.2) is 23.7 Å². The highest BCUT2D eigenvalue weighted by molar-refractivity contribution is 5.91. The predicted octanol–water partition coefficient (Wildman–Crippen LogP) is 2.98. The number of rotatable bonds is 5. The van der Waals surface area contributed by atoms with E-state index in [4.69, 9.17) is 9.47 Å². The van der Waals surface area contributed by atoms with Gasteiger partial charge in [0.2, 0.25) is 5.88 Å². The van der Waals surface area contributed by atoms with Crippen LogP contribution < -0.4 is 10.1 Å². The number of esters is 1. The fourth-order valence-corrected chi connectivity index (χ4v) is 2.81. The summed E-state index contributed by atoms with van der Waals surface area (Å²) in [4.78, 5) is 16.3. The number of ether oxygens (including phenoxy) is 2. The average molecular weight is 300 g/mol. The number of pyridine rings is 1. The first kappa shape index (κ1) is 14.6. The second-order valence-electron chi connectivity index (χ2n) is 5.54. The summed E-state index contributed by atoms with van der Waals surface area (Å²) in [5.74, 6) is 0.285. The molecule has 0 atom stereocenters. The van der Waals surface area contributed by atoms with Crippen molar-refractivity contribution in [2.24, 2.45) is 0 Å². The lowest BCUT2D eigenvalue weighted by molar-refractivity contribution is -0.137. The molecule has 1 aliphatic carbocycles. The molecule has 1 aromatic rings. The van der Waals surface area contributed by atoms with Gasteiger partial charge in [0.05, 0.1) is 5.57 Å². The Kier molecular flexibility index (Phi) is 4.42. The second-order valence-corrected chi connectivity index (χ2v) is 5.54. The van der Waals surface area contributed by atoms with Gasteiger partial charge >= 0.3 is 5.97 Å². The summed E-state index contributed by atoms with van der Waals surface area (Å²) >= 11 is 0. The quantitative estimate of drug-likeness (QED) is 0.669. The van der Waals surface area contributed by atoms with E-state index in [0.29, 0.717) is 17.9 Å². The van der Waals surface area contributed by atoms with Gasteiger partial charge in [-0.25, -0.2) is 9.78 Å². The molecule has 1 fully saturated rings. The predicted molar refractivity (Wildman–Crippen MR) is 83.7 cm³/mol. The van der Waals surface area contributed by atoms with E-state index < -0.39 is 0 Å². The maximum Gasteiger partial charge on any atom is 0.336 e. The summed E-state index contributed by atoms with van der Waals surface area (Å²) in [6, 6.07) is 1.89. The maximum absolute atomic E-state index is 12.0. The van der Waals surface area contributed by atoms with E-state index in [2.05, 4.69) is 16.9 Å². The number of carbonyl (C=O) groups is 1. The van der Waals surface area contributed by atoms with Crippen LogP contribution in [0.4, 0.5) is 5.69 Å². The molecule has 0 bridgehead atoms. The molecular formula is C17H20N2O3. The monoisotopic (exact) mass is 300 g/mol. The van der Waals surface area contributed by atoms with Crippen molar-refractivity contribution >= 4 is 11.7 Å². The molecule has 116 valence electrons. The highest BCUT2D eigenvalue weighted by Crippen LogP contribution is 2.33. The molecule has 5 nitrogen and oxygen atoms in total. The van der Waals surface area contributed by atoms with Crippen LogP contribution in [0.2, 0.25) is 0 Å². The fraction of sp³-hybridized carbons (Fsp3) is 0.412. The largest absolute Gasteiger partial charge is 0.474 e. The molecule has 0 unspecified atom stereocenters. The summed E-state index contributed by atoms with van der Waals surface area (Å²) < 4.78 is 11.1. The third-order valence-electron chi connectivity index (χ3n) is 3.96. The molecule has 3 rings (SSSR count). The molecular weight excluding hydrogens is 280 g/mol. The Morgan fingerprint density at radius 2 is 2.27 bits per heavy atom. The van der Waals surface area contributed by atoms with Gasteiger partial charge in [-0.05, 0) is 31.7 Å². The molecule has 5 heteroatoms. The molecule has 2 heterocycles. The Balaban J connectivity index is 1.75. The second kappa shape index (κ2) is 6.64. The Labute approximate surface area is 130 Å². The topological polar surface area (TPSA) is 60.5 Å². The van der Waals surface area contributed by atoms with Crippen LogP contribution in [0.5, 0.6) is 5.88 Å². The third-order valence-corrected chi connectivity index (χ3v) is 3.96. The van der Waals surface area contributed by atoms with Crippen molar-refractivity contribution in [2.45, 2.75) is 38.2 Å². The zero-order valence-electron chi connectivity index (χ0n) is 12.5. The number of aromatic nitrogens is 1. The highest BCUT2D eigenvalue weighted by Gasteiger charge is 2.24. The lowest BCUT2D eigenvalue weighted by Crippen LogP contribution is -2.19. The van der Waals surface area contributed by atoms with Crippen LogP contribution in [0.15, 0.2) is 36.7 Å². The molecule has 1 aliphatic heterocycles. The summed E-state index contributed by atoms with van der Waals surface area (Å²) in [6.07, 6.45) is 10.2. The number of nitrogens with zero attached hydrogens (tertiary/aromatic N) is 1. The van der Waals surface area contributed by atoms with E-state index in [1.807, 2.05) is 6.07 Å². The van der Waals surface area contributed by atoms with Crippen molar-refractivity contribution in [3.8, 4) is 5.88 Å². The zero-order chi connectivity index (χ0) is 15.4. The lowest BCUT2D eigenvalue weighted by atomic mass is 10.0. The van der Waals surface area contributed by atoms with Gasteiger partial charge in [0, 0.05) is 30.1 Å². The number of hydrogen-bond acceptors (Lipinski definition) is 5. The van der Waals surface area contributed by atoms with Crippen molar-refractivity contribution in [1.82, 2.24) is 4.98 Å². The minimum atomic E-state index is -0.339. The van der Waals surface area contributed by atoms with Crippen molar-refractivity contribution in [3.05, 3.63) is 42.3 Å². The first-order valence-electron chi connectivity index (χ1n) is 7.66. The lowest BCUT2D eigenvalue weighted by Gasteiger charge is -2.21. The molecule has 1 N–H and O–H groups in total. The molecule has 2 aliphatic rings. The summed E-state index contributed by atoms with van der Waals surface area (Å²) in [5, 5.41) is 3.13. The Morgan fingerprint density at radius 1 is 1.45 bits per heavy atom. The molecule has 0 saturated heterocycles. The van der Waals surface area contributed by atoms with E-state index in [9.17, 15) is 4.79 Å². The van der Waals surface area contributed by atoms with Gasteiger partial charge in [0.25, 0.3) is 0 Å². The van der Waals surface area contributed by atoms with Gasteiger partial charge in [-0.15, -0.1) is 0 Å². The number of fused-ring (bicyclic) bond motifs is 1. The molecule has 22 heavy (non-hydrogen) atoms. The highest BCUT2D eigenvalue weighted by atomic mass is 16.5. The van der Waals surface area contributed by atoms with Gasteiger partial charge < -0.3 is 14.8 Å². The van der Waals surface area contributed by atoms with Crippen molar-refractivity contribution in [1.29, 1.82) is 0 Å². The van der Waals surface area contributed by atoms with Gasteiger partial charge in [-0.1, -0.05) is 12.7 Å². The fourth-order valence-electron chi connectivity index (χ4n) is 2.81. The molecule has 0 spiro atoms. The van der Waals surface area contributed by atoms with Crippen molar-refractivity contribution in [2.75, 3.05) is 11.9 Å². The number of nitrogens with one attached hydrogen (secondary N) is 1. The minimum absolute atomic E-state index is 0.210. The first-order chi connectivity index (χ1) is 10.8. The maximum atomic E-state index is 12.0. The Bertz CT molecular complexity index is 604. The number of hydrogen-bond donors (Lipinski definition) is 1. The van der Waals surface area contributed by atoms with Gasteiger partial charge in [0.1, 0.15) is 12.7 Å². The van der Waals surface area contributed by atoms with Crippen LogP contribution in [0.3, 0.4) is 0 Å². The van der Waals surface area contributed by atoms with Crippen molar-refractivity contribution in [3.63, 3.8) is 0 Å². The van der Waals surface area contributed by atoms with Gasteiger partial charge in [-0.3, -0.25) is 0 Å². The minimum Gasteiger partial charge on any atom is -0.474 e. The first-order valence-corrected chi connectivity index (χ1v) is 7.66. The van der Waals surface area contributed by atoms with Crippen LogP contribution in [0.1, 0.15) is 31.2 Å². The van der Waals surface area contributed by atoms with E-state index in [-0.39, 0.29) is 18.7 Å². The van der Waals surface area contributed by atoms with Crippen molar-refractivity contribution < 1.29 is 14.3 Å². The SMILES string of the molecule is C=CCOC(=O)C1=CNc2ccnc(OC3CCCC3)c2C1. The summed E-state index contributed by atoms with van der Waals surface area (Å²) in [5.41, 5.74) is 2.42. The van der Waals surface area contributed by atoms with Crippen LogP contribution in [0, 0.1) is 0 Å². The summed E-state index contributed by atoms with van der Waals surface area (Å²) in [7, 11) is 0. The Hall–Kier alpha value is -2.30. The van der Waals surface area contributed by atoms with Crippen LogP contribution in [0.25, 0.3) is 0 Å². The van der Waals surface area contributed by atoms with Crippen LogP contribution in [-0.2, 0) is 16.0 Å². The third kappa shape index (κ3) is 3.13. The summed E-state index contributed by atoms with van der Waals surface area (Å²) in [6.45, 7) is 3.75. The molecule has 0 aromatic carbocycles. The smallest absolute Gasteiger partial charge is 0.336 e. The van der Waals surface area contributed by atoms with Gasteiger partial charge in [0.15, 0.2) is 0 Å². The number of carbonyl (C=O) groups excluding carboxylic acids is 1. The van der Waals surface area contributed by atoms with E-state index in [0.717, 1.165) is 24.1 Å². The zero-order valence-corrected chi connectivity index (χ0v) is 12.5. The average Bonchev–Trinajstić information content (AvgIpc) is 3.05. The molecule has 1 aromatic heterocycles. The molecule has 1 saturated carbocycles. The van der Waals surface area contributed by atoms with Crippen LogP contribution >= 0.6 is 0 Å². The van der Waals surface area contributed by atoms with E-state index in [1.54, 1.807) is 18.5 Å². The Morgan fingerprint density at radius 3 is 3.05 bits per heavy atom. The van der Waals surface area contributed by atoms with Gasteiger partial charge in [-0.2, -0.15) is 0 Å². The normalized spacial score (nSPS) is 17.2. The standard InChI is InChI=1S/C17H20N2O3/c1-2-9-21-17(20)12-10-14-15(19-11-12)7-8-18-16(14)22-13-5-3-4-6-13/h2,7-8,11,13,19H,1,3-6,9-10H2.